The number of halogens is 3. The van der Waals surface area contributed by atoms with Gasteiger partial charge < -0.3 is 10.2 Å². The Labute approximate surface area is 108 Å². The number of carbonyl (C=O) groups is 1. The van der Waals surface area contributed by atoms with Gasteiger partial charge in [-0.15, -0.1) is 0 Å². The van der Waals surface area contributed by atoms with E-state index in [-0.39, 0.29) is 29.5 Å². The van der Waals surface area contributed by atoms with E-state index in [1.165, 1.54) is 12.1 Å². The van der Waals surface area contributed by atoms with Crippen molar-refractivity contribution in [1.82, 2.24) is 10.2 Å². The molecule has 0 unspecified atom stereocenters. The SMILES string of the molecule is O=C1c2cccc(C(F)(F)F)c2C[C@@H]2CNCCN12. The summed E-state index contributed by atoms with van der Waals surface area (Å²) in [6, 6.07) is 3.68. The summed E-state index contributed by atoms with van der Waals surface area (Å²) in [7, 11) is 0. The predicted octanol–water partition coefficient (Wildman–Crippen LogP) is 1.68. The first kappa shape index (κ1) is 12.5. The van der Waals surface area contributed by atoms with Crippen LogP contribution in [0.15, 0.2) is 18.2 Å². The largest absolute Gasteiger partial charge is 0.416 e. The lowest BCUT2D eigenvalue weighted by atomic mass is 9.88. The first-order chi connectivity index (χ1) is 8.98. The minimum absolute atomic E-state index is 0.143. The molecule has 0 aromatic heterocycles. The molecule has 1 N–H and O–H groups in total. The summed E-state index contributed by atoms with van der Waals surface area (Å²) in [5.41, 5.74) is -0.332. The number of benzene rings is 1. The van der Waals surface area contributed by atoms with Crippen LogP contribution < -0.4 is 5.32 Å². The van der Waals surface area contributed by atoms with E-state index in [0.29, 0.717) is 19.6 Å². The second kappa shape index (κ2) is 4.23. The highest BCUT2D eigenvalue weighted by Gasteiger charge is 2.40. The molecule has 1 fully saturated rings. The Hall–Kier alpha value is -1.56. The van der Waals surface area contributed by atoms with Crippen molar-refractivity contribution in [3.05, 3.63) is 34.9 Å². The van der Waals surface area contributed by atoms with Crippen molar-refractivity contribution in [2.24, 2.45) is 0 Å². The molecule has 19 heavy (non-hydrogen) atoms. The van der Waals surface area contributed by atoms with Crippen LogP contribution in [0.2, 0.25) is 0 Å². The van der Waals surface area contributed by atoms with E-state index in [1.54, 1.807) is 4.90 Å². The van der Waals surface area contributed by atoms with Crippen LogP contribution in [0.3, 0.4) is 0 Å². The molecule has 2 aliphatic rings. The van der Waals surface area contributed by atoms with Crippen molar-refractivity contribution in [3.8, 4) is 0 Å². The third kappa shape index (κ3) is 2.00. The quantitative estimate of drug-likeness (QED) is 0.778. The second-order valence-electron chi connectivity index (χ2n) is 4.89. The number of carbonyl (C=O) groups excluding carboxylic acids is 1. The van der Waals surface area contributed by atoms with Gasteiger partial charge in [-0.05, 0) is 24.1 Å². The van der Waals surface area contributed by atoms with Crippen LogP contribution >= 0.6 is 0 Å². The molecular formula is C13H13F3N2O. The highest BCUT2D eigenvalue weighted by molar-refractivity contribution is 5.97. The summed E-state index contributed by atoms with van der Waals surface area (Å²) in [5.74, 6) is -0.279. The molecule has 102 valence electrons. The Bertz CT molecular complexity index is 527. The van der Waals surface area contributed by atoms with Crippen LogP contribution in [0.4, 0.5) is 13.2 Å². The van der Waals surface area contributed by atoms with Gasteiger partial charge in [-0.2, -0.15) is 13.2 Å². The summed E-state index contributed by atoms with van der Waals surface area (Å²) in [6.45, 7) is 1.80. The Kier molecular flexibility index (Phi) is 2.78. The lowest BCUT2D eigenvalue weighted by Crippen LogP contribution is -2.57. The molecule has 2 aliphatic heterocycles. The fourth-order valence-electron chi connectivity index (χ4n) is 2.87. The second-order valence-corrected chi connectivity index (χ2v) is 4.89. The predicted molar refractivity (Wildman–Crippen MR) is 62.8 cm³/mol. The maximum absolute atomic E-state index is 13.0. The Morgan fingerprint density at radius 3 is 2.84 bits per heavy atom. The van der Waals surface area contributed by atoms with Gasteiger partial charge in [0, 0.05) is 31.2 Å². The molecular weight excluding hydrogens is 257 g/mol. The van der Waals surface area contributed by atoms with Crippen LogP contribution in [0.1, 0.15) is 21.5 Å². The van der Waals surface area contributed by atoms with Gasteiger partial charge in [0.1, 0.15) is 0 Å². The van der Waals surface area contributed by atoms with E-state index in [0.717, 1.165) is 6.07 Å². The zero-order chi connectivity index (χ0) is 13.6. The molecule has 0 aliphatic carbocycles. The fraction of sp³-hybridized carbons (Fsp3) is 0.462. The number of hydrogen-bond donors (Lipinski definition) is 1. The lowest BCUT2D eigenvalue weighted by molar-refractivity contribution is -0.138. The van der Waals surface area contributed by atoms with Gasteiger partial charge in [0.15, 0.2) is 0 Å². The molecule has 0 saturated carbocycles. The zero-order valence-electron chi connectivity index (χ0n) is 10.1. The summed E-state index contributed by atoms with van der Waals surface area (Å²) in [4.78, 5) is 13.9. The third-order valence-electron chi connectivity index (χ3n) is 3.76. The smallest absolute Gasteiger partial charge is 0.333 e. The van der Waals surface area contributed by atoms with Crippen molar-refractivity contribution in [2.75, 3.05) is 19.6 Å². The minimum atomic E-state index is -4.41. The third-order valence-corrected chi connectivity index (χ3v) is 3.76. The van der Waals surface area contributed by atoms with E-state index in [9.17, 15) is 18.0 Å². The average Bonchev–Trinajstić information content (AvgIpc) is 2.37. The first-order valence-corrected chi connectivity index (χ1v) is 6.19. The topological polar surface area (TPSA) is 32.3 Å². The summed E-state index contributed by atoms with van der Waals surface area (Å²) < 4.78 is 39.0. The standard InChI is InChI=1S/C13H13F3N2O/c14-13(15,16)11-3-1-2-9-10(11)6-8-7-17-4-5-18(8)12(9)19/h1-3,8,17H,4-7H2/t8-/m1/s1. The number of fused-ring (bicyclic) bond motifs is 2. The van der Waals surface area contributed by atoms with Gasteiger partial charge >= 0.3 is 6.18 Å². The summed E-state index contributed by atoms with van der Waals surface area (Å²) in [6.07, 6.45) is -4.14. The lowest BCUT2D eigenvalue weighted by Gasteiger charge is -2.40. The number of amides is 1. The summed E-state index contributed by atoms with van der Waals surface area (Å²) in [5, 5.41) is 3.12. The van der Waals surface area contributed by atoms with E-state index >= 15 is 0 Å². The maximum Gasteiger partial charge on any atom is 0.416 e. The molecule has 1 saturated heterocycles. The van der Waals surface area contributed by atoms with Gasteiger partial charge in [-0.1, -0.05) is 6.07 Å². The fourth-order valence-corrected chi connectivity index (χ4v) is 2.87. The Balaban J connectivity index is 2.09. The van der Waals surface area contributed by atoms with Crippen molar-refractivity contribution >= 4 is 5.91 Å². The van der Waals surface area contributed by atoms with E-state index in [1.807, 2.05) is 0 Å². The minimum Gasteiger partial charge on any atom is -0.333 e. The zero-order valence-corrected chi connectivity index (χ0v) is 10.1. The number of alkyl halides is 3. The van der Waals surface area contributed by atoms with Gasteiger partial charge in [0.2, 0.25) is 0 Å². The van der Waals surface area contributed by atoms with Crippen LogP contribution in [0.5, 0.6) is 0 Å². The number of rotatable bonds is 0. The van der Waals surface area contributed by atoms with Crippen LogP contribution in [-0.2, 0) is 12.6 Å². The Morgan fingerprint density at radius 1 is 1.32 bits per heavy atom. The molecule has 1 amide bonds. The van der Waals surface area contributed by atoms with E-state index in [4.69, 9.17) is 0 Å². The number of hydrogen-bond acceptors (Lipinski definition) is 2. The number of piperazine rings is 1. The molecule has 0 radical (unpaired) electrons. The maximum atomic E-state index is 13.0. The van der Waals surface area contributed by atoms with Gasteiger partial charge in [0.25, 0.3) is 5.91 Å². The monoisotopic (exact) mass is 270 g/mol. The molecule has 1 atom stereocenters. The van der Waals surface area contributed by atoms with Gasteiger partial charge in [-0.25, -0.2) is 0 Å². The van der Waals surface area contributed by atoms with E-state index in [2.05, 4.69) is 5.32 Å². The molecule has 3 rings (SSSR count). The molecule has 6 heteroatoms. The van der Waals surface area contributed by atoms with Crippen LogP contribution in [-0.4, -0.2) is 36.5 Å². The molecule has 3 nitrogen and oxygen atoms in total. The molecule has 0 bridgehead atoms. The molecule has 2 heterocycles. The van der Waals surface area contributed by atoms with Crippen LogP contribution in [0.25, 0.3) is 0 Å². The summed E-state index contributed by atoms with van der Waals surface area (Å²) >= 11 is 0. The highest BCUT2D eigenvalue weighted by Crippen LogP contribution is 2.36. The first-order valence-electron chi connectivity index (χ1n) is 6.19. The molecule has 1 aromatic rings. The average molecular weight is 270 g/mol. The highest BCUT2D eigenvalue weighted by atomic mass is 19.4. The van der Waals surface area contributed by atoms with Crippen LogP contribution in [0, 0.1) is 0 Å². The normalized spacial score (nSPS) is 23.0. The molecule has 1 aromatic carbocycles. The van der Waals surface area contributed by atoms with Crippen molar-refractivity contribution < 1.29 is 18.0 Å². The molecule has 0 spiro atoms. The van der Waals surface area contributed by atoms with E-state index < -0.39 is 11.7 Å². The number of nitrogens with one attached hydrogen (secondary N) is 1. The van der Waals surface area contributed by atoms with Gasteiger partial charge in [-0.3, -0.25) is 4.79 Å². The van der Waals surface area contributed by atoms with Crippen molar-refractivity contribution in [1.29, 1.82) is 0 Å². The van der Waals surface area contributed by atoms with Crippen molar-refractivity contribution in [2.45, 2.75) is 18.6 Å². The number of nitrogens with zero attached hydrogens (tertiary/aromatic N) is 1. The van der Waals surface area contributed by atoms with Gasteiger partial charge in [0.05, 0.1) is 5.56 Å². The van der Waals surface area contributed by atoms with Crippen molar-refractivity contribution in [3.63, 3.8) is 0 Å². The Morgan fingerprint density at radius 2 is 2.11 bits per heavy atom.